The Kier molecular flexibility index (Phi) is 6.59. The topological polar surface area (TPSA) is 74.7 Å². The lowest BCUT2D eigenvalue weighted by Gasteiger charge is -2.17. The Morgan fingerprint density at radius 1 is 1.38 bits per heavy atom. The first-order valence-corrected chi connectivity index (χ1v) is 7.02. The minimum atomic E-state index is -3.21. The van der Waals surface area contributed by atoms with Crippen molar-refractivity contribution in [3.8, 4) is 0 Å². The molecule has 0 fully saturated rings. The summed E-state index contributed by atoms with van der Waals surface area (Å²) in [6.07, 6.45) is 0.988. The molecule has 0 unspecified atom stereocenters. The van der Waals surface area contributed by atoms with Gasteiger partial charge in [0.15, 0.2) is 0 Å². The fourth-order valence-electron chi connectivity index (χ4n) is 1.13. The molecule has 0 amide bonds. The number of carboxylic acids is 1. The van der Waals surface area contributed by atoms with Gasteiger partial charge in [-0.1, -0.05) is 13.8 Å². The van der Waals surface area contributed by atoms with E-state index in [1.165, 1.54) is 11.4 Å². The van der Waals surface area contributed by atoms with E-state index in [-0.39, 0.29) is 18.7 Å². The van der Waals surface area contributed by atoms with Crippen molar-refractivity contribution in [3.05, 3.63) is 0 Å². The minimum Gasteiger partial charge on any atom is -0.481 e. The molecule has 0 aromatic carbocycles. The maximum Gasteiger partial charge on any atom is 0.303 e. The molecule has 0 saturated heterocycles. The van der Waals surface area contributed by atoms with Crippen molar-refractivity contribution in [1.29, 1.82) is 0 Å². The molecule has 0 aromatic heterocycles. The molecule has 0 saturated carbocycles. The number of nitrogens with zero attached hydrogens (tertiary/aromatic N) is 1. The van der Waals surface area contributed by atoms with Crippen molar-refractivity contribution in [3.63, 3.8) is 0 Å². The van der Waals surface area contributed by atoms with Gasteiger partial charge >= 0.3 is 5.97 Å². The van der Waals surface area contributed by atoms with Crippen LogP contribution in [0.25, 0.3) is 0 Å². The third-order valence-corrected chi connectivity index (χ3v) is 4.18. The van der Waals surface area contributed by atoms with Crippen LogP contribution in [0.3, 0.4) is 0 Å². The van der Waals surface area contributed by atoms with Gasteiger partial charge in [-0.15, -0.1) is 0 Å². The third kappa shape index (κ3) is 6.79. The number of carbonyl (C=O) groups is 1. The van der Waals surface area contributed by atoms with Gasteiger partial charge in [0.2, 0.25) is 10.0 Å². The van der Waals surface area contributed by atoms with Crippen LogP contribution in [0.1, 0.15) is 33.1 Å². The van der Waals surface area contributed by atoms with Gasteiger partial charge < -0.3 is 5.11 Å². The summed E-state index contributed by atoms with van der Waals surface area (Å²) in [5, 5.41) is 8.44. The van der Waals surface area contributed by atoms with E-state index in [0.29, 0.717) is 18.8 Å². The van der Waals surface area contributed by atoms with E-state index in [9.17, 15) is 13.2 Å². The largest absolute Gasteiger partial charge is 0.481 e. The van der Waals surface area contributed by atoms with E-state index >= 15 is 0 Å². The zero-order valence-corrected chi connectivity index (χ0v) is 11.0. The van der Waals surface area contributed by atoms with Crippen molar-refractivity contribution in [1.82, 2.24) is 4.31 Å². The summed E-state index contributed by atoms with van der Waals surface area (Å²) in [5.41, 5.74) is 0. The van der Waals surface area contributed by atoms with Crippen molar-refractivity contribution in [2.45, 2.75) is 33.1 Å². The van der Waals surface area contributed by atoms with Gasteiger partial charge in [-0.05, 0) is 18.8 Å². The van der Waals surface area contributed by atoms with Gasteiger partial charge in [0.25, 0.3) is 0 Å². The number of aliphatic carboxylic acids is 1. The molecule has 0 aromatic rings. The molecule has 1 N–H and O–H groups in total. The standard InChI is InChI=1S/C10H21NO4S/c1-9(2)6-8-16(14,15)11(3)7-4-5-10(12)13/h9H,4-8H2,1-3H3,(H,12,13). The van der Waals surface area contributed by atoms with Crippen LogP contribution >= 0.6 is 0 Å². The summed E-state index contributed by atoms with van der Waals surface area (Å²) in [6.45, 7) is 4.21. The first-order valence-electron chi connectivity index (χ1n) is 5.41. The molecule has 0 rings (SSSR count). The quantitative estimate of drug-likeness (QED) is 0.702. The van der Waals surface area contributed by atoms with Crippen LogP contribution in [0.4, 0.5) is 0 Å². The Labute approximate surface area is 97.5 Å². The molecular formula is C10H21NO4S. The van der Waals surface area contributed by atoms with Crippen LogP contribution < -0.4 is 0 Å². The Balaban J connectivity index is 4.04. The summed E-state index contributed by atoms with van der Waals surface area (Å²) < 4.78 is 24.6. The molecule has 16 heavy (non-hydrogen) atoms. The highest BCUT2D eigenvalue weighted by molar-refractivity contribution is 7.89. The van der Waals surface area contributed by atoms with E-state index in [4.69, 9.17) is 5.11 Å². The first-order chi connectivity index (χ1) is 7.25. The number of sulfonamides is 1. The summed E-state index contributed by atoms with van der Waals surface area (Å²) in [4.78, 5) is 10.3. The number of carboxylic acid groups (broad SMARTS) is 1. The fraction of sp³-hybridized carbons (Fsp3) is 0.900. The zero-order chi connectivity index (χ0) is 12.8. The number of rotatable bonds is 8. The Morgan fingerprint density at radius 2 is 1.94 bits per heavy atom. The van der Waals surface area contributed by atoms with Gasteiger partial charge in [-0.3, -0.25) is 4.79 Å². The highest BCUT2D eigenvalue weighted by Crippen LogP contribution is 2.07. The van der Waals surface area contributed by atoms with E-state index in [2.05, 4.69) is 0 Å². The van der Waals surface area contributed by atoms with Crippen molar-refractivity contribution in [2.75, 3.05) is 19.3 Å². The minimum absolute atomic E-state index is 0.00401. The fourth-order valence-corrected chi connectivity index (χ4v) is 2.62. The van der Waals surface area contributed by atoms with Crippen molar-refractivity contribution in [2.24, 2.45) is 5.92 Å². The Bertz CT molecular complexity index is 311. The van der Waals surface area contributed by atoms with Gasteiger partial charge in [0, 0.05) is 20.0 Å². The maximum absolute atomic E-state index is 11.7. The average molecular weight is 251 g/mol. The average Bonchev–Trinajstić information content (AvgIpc) is 2.14. The summed E-state index contributed by atoms with van der Waals surface area (Å²) in [5.74, 6) is -0.413. The molecule has 0 radical (unpaired) electrons. The summed E-state index contributed by atoms with van der Waals surface area (Å²) >= 11 is 0. The second kappa shape index (κ2) is 6.85. The Hall–Kier alpha value is -0.620. The zero-order valence-electron chi connectivity index (χ0n) is 10.1. The van der Waals surface area contributed by atoms with Crippen LogP contribution in [-0.2, 0) is 14.8 Å². The molecule has 6 heteroatoms. The summed E-state index contributed by atoms with van der Waals surface area (Å²) in [6, 6.07) is 0. The molecule has 0 atom stereocenters. The van der Waals surface area contributed by atoms with Crippen LogP contribution in [0.2, 0.25) is 0 Å². The van der Waals surface area contributed by atoms with Crippen LogP contribution in [0, 0.1) is 5.92 Å². The van der Waals surface area contributed by atoms with Crippen LogP contribution in [0.15, 0.2) is 0 Å². The van der Waals surface area contributed by atoms with Gasteiger partial charge in [0.05, 0.1) is 5.75 Å². The molecule has 0 aliphatic carbocycles. The molecule has 96 valence electrons. The van der Waals surface area contributed by atoms with Gasteiger partial charge in [-0.2, -0.15) is 0 Å². The lowest BCUT2D eigenvalue weighted by Crippen LogP contribution is -2.30. The SMILES string of the molecule is CC(C)CCS(=O)(=O)N(C)CCCC(=O)O. The third-order valence-electron chi connectivity index (χ3n) is 2.29. The monoisotopic (exact) mass is 251 g/mol. The predicted octanol–water partition coefficient (Wildman–Crippen LogP) is 1.16. The molecule has 0 aliphatic heterocycles. The van der Waals surface area contributed by atoms with Crippen molar-refractivity contribution >= 4 is 16.0 Å². The lowest BCUT2D eigenvalue weighted by molar-refractivity contribution is -0.137. The van der Waals surface area contributed by atoms with Crippen LogP contribution in [-0.4, -0.2) is 43.1 Å². The molecule has 0 heterocycles. The van der Waals surface area contributed by atoms with Gasteiger partial charge in [0.1, 0.15) is 0 Å². The van der Waals surface area contributed by atoms with E-state index < -0.39 is 16.0 Å². The molecule has 0 bridgehead atoms. The van der Waals surface area contributed by atoms with Crippen LogP contribution in [0.5, 0.6) is 0 Å². The predicted molar refractivity (Wildman–Crippen MR) is 62.7 cm³/mol. The smallest absolute Gasteiger partial charge is 0.303 e. The first kappa shape index (κ1) is 15.4. The molecule has 5 nitrogen and oxygen atoms in total. The van der Waals surface area contributed by atoms with Crippen molar-refractivity contribution < 1.29 is 18.3 Å². The molecule has 0 spiro atoms. The Morgan fingerprint density at radius 3 is 2.38 bits per heavy atom. The highest BCUT2D eigenvalue weighted by Gasteiger charge is 2.17. The van der Waals surface area contributed by atoms with E-state index in [0.717, 1.165) is 0 Å². The summed E-state index contributed by atoms with van der Waals surface area (Å²) in [7, 11) is -1.72. The normalized spacial score (nSPS) is 12.3. The molecule has 0 aliphatic rings. The van der Waals surface area contributed by atoms with E-state index in [1.807, 2.05) is 13.8 Å². The van der Waals surface area contributed by atoms with E-state index in [1.54, 1.807) is 0 Å². The number of hydrogen-bond acceptors (Lipinski definition) is 3. The lowest BCUT2D eigenvalue weighted by atomic mass is 10.2. The van der Waals surface area contributed by atoms with Gasteiger partial charge in [-0.25, -0.2) is 12.7 Å². The highest BCUT2D eigenvalue weighted by atomic mass is 32.2. The number of hydrogen-bond donors (Lipinski definition) is 1. The molecular weight excluding hydrogens is 230 g/mol. The second-order valence-electron chi connectivity index (χ2n) is 4.32. The maximum atomic E-state index is 11.7. The second-order valence-corrected chi connectivity index (χ2v) is 6.51.